The Kier molecular flexibility index (Phi) is 3.66. The Bertz CT molecular complexity index is 930. The van der Waals surface area contributed by atoms with Crippen molar-refractivity contribution in [3.8, 4) is 28.4 Å². The second kappa shape index (κ2) is 5.68. The molecule has 2 N–H and O–H groups in total. The van der Waals surface area contributed by atoms with Gasteiger partial charge in [-0.15, -0.1) is 0 Å². The molecule has 136 valence electrons. The molecule has 1 unspecified atom stereocenters. The molecule has 5 heteroatoms. The van der Waals surface area contributed by atoms with Crippen LogP contribution in [-0.4, -0.2) is 24.9 Å². The first kappa shape index (κ1) is 16.8. The number of fused-ring (bicyclic) bond motifs is 5. The average Bonchev–Trinajstić information content (AvgIpc) is 2.59. The van der Waals surface area contributed by atoms with Crippen LogP contribution in [0.15, 0.2) is 30.3 Å². The number of hydrogen-bond acceptors (Lipinski definition) is 5. The highest BCUT2D eigenvalue weighted by Crippen LogP contribution is 2.53. The van der Waals surface area contributed by atoms with Gasteiger partial charge in [-0.25, -0.2) is 0 Å². The Morgan fingerprint density at radius 3 is 2.58 bits per heavy atom. The molecule has 4 rings (SSSR count). The topological polar surface area (TPSA) is 60.0 Å². The predicted octanol–water partition coefficient (Wildman–Crippen LogP) is 4.71. The first-order valence-electron chi connectivity index (χ1n) is 8.61. The van der Waals surface area contributed by atoms with E-state index in [-0.39, 0.29) is 11.3 Å². The van der Waals surface area contributed by atoms with Crippen LogP contribution in [0.5, 0.6) is 17.2 Å². The Labute approximate surface area is 153 Å². The summed E-state index contributed by atoms with van der Waals surface area (Å²) in [7, 11) is 3.18. The number of ether oxygens (including phenoxy) is 3. The molecule has 0 bridgehead atoms. The summed E-state index contributed by atoms with van der Waals surface area (Å²) in [5, 5.41) is 13.8. The van der Waals surface area contributed by atoms with E-state index in [1.165, 1.54) is 0 Å². The quantitative estimate of drug-likeness (QED) is 0.818. The van der Waals surface area contributed by atoms with Gasteiger partial charge in [-0.2, -0.15) is 0 Å². The fourth-order valence-electron chi connectivity index (χ4n) is 4.06. The largest absolute Gasteiger partial charge is 0.504 e. The van der Waals surface area contributed by atoms with Gasteiger partial charge >= 0.3 is 0 Å². The number of phenolic OH excluding ortho intramolecular Hbond substituents is 1. The van der Waals surface area contributed by atoms with E-state index in [2.05, 4.69) is 38.2 Å². The number of anilines is 1. The highest BCUT2D eigenvalue weighted by atomic mass is 16.7. The molecule has 1 atom stereocenters. The number of rotatable bonds is 2. The summed E-state index contributed by atoms with van der Waals surface area (Å²) in [5.74, 6) is 1.12. The zero-order valence-corrected chi connectivity index (χ0v) is 15.6. The van der Waals surface area contributed by atoms with Crippen molar-refractivity contribution in [2.75, 3.05) is 19.5 Å². The molecule has 0 fully saturated rings. The highest BCUT2D eigenvalue weighted by molar-refractivity contribution is 5.91. The van der Waals surface area contributed by atoms with Crippen LogP contribution >= 0.6 is 0 Å². The van der Waals surface area contributed by atoms with Gasteiger partial charge in [-0.05, 0) is 50.1 Å². The molecular formula is C21H23NO4. The molecule has 2 aromatic carbocycles. The zero-order valence-electron chi connectivity index (χ0n) is 15.6. The Morgan fingerprint density at radius 2 is 1.88 bits per heavy atom. The SMILES string of the molecule is COc1c(O)ccc2c1-c1ccc3c(c1C(OC)O2)C(C)=CC(C)(C)N3. The van der Waals surface area contributed by atoms with E-state index in [0.717, 1.165) is 33.5 Å². The summed E-state index contributed by atoms with van der Waals surface area (Å²) in [4.78, 5) is 0. The molecule has 2 aliphatic rings. The number of methoxy groups -OCH3 is 2. The number of phenols is 1. The van der Waals surface area contributed by atoms with Crippen molar-refractivity contribution in [2.24, 2.45) is 0 Å². The summed E-state index contributed by atoms with van der Waals surface area (Å²) in [6.07, 6.45) is 1.67. The van der Waals surface area contributed by atoms with Crippen LogP contribution in [0.4, 0.5) is 5.69 Å². The Morgan fingerprint density at radius 1 is 1.12 bits per heavy atom. The second-order valence-electron chi connectivity index (χ2n) is 7.30. The van der Waals surface area contributed by atoms with Crippen molar-refractivity contribution in [1.82, 2.24) is 0 Å². The first-order chi connectivity index (χ1) is 12.4. The van der Waals surface area contributed by atoms with Crippen molar-refractivity contribution in [3.05, 3.63) is 41.5 Å². The number of aromatic hydroxyl groups is 1. The third-order valence-electron chi connectivity index (χ3n) is 4.93. The average molecular weight is 353 g/mol. The first-order valence-corrected chi connectivity index (χ1v) is 8.61. The maximum atomic E-state index is 10.2. The molecular weight excluding hydrogens is 330 g/mol. The molecule has 0 aromatic heterocycles. The lowest BCUT2D eigenvalue weighted by Crippen LogP contribution is -2.32. The van der Waals surface area contributed by atoms with E-state index >= 15 is 0 Å². The normalized spacial score (nSPS) is 19.3. The molecule has 0 aliphatic carbocycles. The summed E-state index contributed by atoms with van der Waals surface area (Å²) >= 11 is 0. The number of benzene rings is 2. The Balaban J connectivity index is 2.05. The second-order valence-corrected chi connectivity index (χ2v) is 7.30. The van der Waals surface area contributed by atoms with Crippen molar-refractivity contribution in [1.29, 1.82) is 0 Å². The van der Waals surface area contributed by atoms with Gasteiger partial charge < -0.3 is 24.6 Å². The lowest BCUT2D eigenvalue weighted by atomic mass is 9.83. The van der Waals surface area contributed by atoms with E-state index < -0.39 is 6.29 Å². The van der Waals surface area contributed by atoms with E-state index in [9.17, 15) is 5.11 Å². The van der Waals surface area contributed by atoms with Crippen LogP contribution in [0.2, 0.25) is 0 Å². The number of hydrogen-bond donors (Lipinski definition) is 2. The molecule has 0 saturated carbocycles. The van der Waals surface area contributed by atoms with Crippen LogP contribution in [0, 0.1) is 0 Å². The smallest absolute Gasteiger partial charge is 0.227 e. The Hall–Kier alpha value is -2.66. The number of allylic oxidation sites excluding steroid dienone is 1. The van der Waals surface area contributed by atoms with E-state index in [1.54, 1.807) is 26.4 Å². The standard InChI is InChI=1S/C21H23NO4/c1-11-10-21(2,3)22-13-7-6-12-17-15(9-8-14(23)19(17)24-4)26-20(25-5)18(12)16(11)13/h6-10,20,22-23H,1-5H3. The molecule has 5 nitrogen and oxygen atoms in total. The zero-order chi connectivity index (χ0) is 18.6. The minimum Gasteiger partial charge on any atom is -0.504 e. The molecule has 0 amide bonds. The lowest BCUT2D eigenvalue weighted by molar-refractivity contribution is -0.0581. The fourth-order valence-corrected chi connectivity index (χ4v) is 4.06. The summed E-state index contributed by atoms with van der Waals surface area (Å²) in [5.41, 5.74) is 5.78. The molecule has 2 aromatic rings. The number of nitrogens with one attached hydrogen (secondary N) is 1. The maximum Gasteiger partial charge on any atom is 0.227 e. The monoisotopic (exact) mass is 353 g/mol. The van der Waals surface area contributed by atoms with Crippen molar-refractivity contribution in [2.45, 2.75) is 32.6 Å². The van der Waals surface area contributed by atoms with Crippen molar-refractivity contribution >= 4 is 11.3 Å². The molecule has 2 aliphatic heterocycles. The summed E-state index contributed by atoms with van der Waals surface area (Å²) < 4.78 is 17.2. The minimum atomic E-state index is -0.534. The van der Waals surface area contributed by atoms with E-state index in [1.807, 2.05) is 6.07 Å². The third-order valence-corrected chi connectivity index (χ3v) is 4.93. The molecule has 2 heterocycles. The van der Waals surface area contributed by atoms with E-state index in [0.29, 0.717) is 11.5 Å². The maximum absolute atomic E-state index is 10.2. The minimum absolute atomic E-state index is 0.0842. The van der Waals surface area contributed by atoms with Gasteiger partial charge in [-0.1, -0.05) is 12.1 Å². The van der Waals surface area contributed by atoms with Crippen LogP contribution in [0.1, 0.15) is 38.2 Å². The van der Waals surface area contributed by atoms with Crippen LogP contribution in [0.25, 0.3) is 16.7 Å². The van der Waals surface area contributed by atoms with Gasteiger partial charge in [-0.3, -0.25) is 0 Å². The van der Waals surface area contributed by atoms with Crippen molar-refractivity contribution in [3.63, 3.8) is 0 Å². The fraction of sp³-hybridized carbons (Fsp3) is 0.333. The van der Waals surface area contributed by atoms with Crippen LogP contribution in [0.3, 0.4) is 0 Å². The molecule has 0 saturated heterocycles. The van der Waals surface area contributed by atoms with Gasteiger partial charge in [0, 0.05) is 23.9 Å². The molecule has 0 spiro atoms. The van der Waals surface area contributed by atoms with Gasteiger partial charge in [0.2, 0.25) is 6.29 Å². The van der Waals surface area contributed by atoms with Crippen LogP contribution in [-0.2, 0) is 4.74 Å². The summed E-state index contributed by atoms with van der Waals surface area (Å²) in [6, 6.07) is 7.41. The molecule has 26 heavy (non-hydrogen) atoms. The highest BCUT2D eigenvalue weighted by Gasteiger charge is 2.35. The van der Waals surface area contributed by atoms with Gasteiger partial charge in [0.1, 0.15) is 5.75 Å². The van der Waals surface area contributed by atoms with E-state index in [4.69, 9.17) is 14.2 Å². The predicted molar refractivity (Wildman–Crippen MR) is 102 cm³/mol. The van der Waals surface area contributed by atoms with Gasteiger partial charge in [0.05, 0.1) is 18.2 Å². The third kappa shape index (κ3) is 2.35. The van der Waals surface area contributed by atoms with Gasteiger partial charge in [0.15, 0.2) is 11.5 Å². The molecule has 0 radical (unpaired) electrons. The van der Waals surface area contributed by atoms with Crippen molar-refractivity contribution < 1.29 is 19.3 Å². The lowest BCUT2D eigenvalue weighted by Gasteiger charge is -2.36. The summed E-state index contributed by atoms with van der Waals surface area (Å²) in [6.45, 7) is 6.38. The van der Waals surface area contributed by atoms with Crippen LogP contribution < -0.4 is 14.8 Å². The van der Waals surface area contributed by atoms with Gasteiger partial charge in [0.25, 0.3) is 0 Å².